The van der Waals surface area contributed by atoms with Crippen molar-refractivity contribution in [3.63, 3.8) is 0 Å². The summed E-state index contributed by atoms with van der Waals surface area (Å²) in [5, 5.41) is 0.988. The molecule has 0 aromatic carbocycles. The van der Waals surface area contributed by atoms with Gasteiger partial charge in [-0.1, -0.05) is 0 Å². The van der Waals surface area contributed by atoms with Crippen LogP contribution in [0.1, 0.15) is 193 Å². The summed E-state index contributed by atoms with van der Waals surface area (Å²) in [5.74, 6) is -3.24. The van der Waals surface area contributed by atoms with Gasteiger partial charge in [0.05, 0.1) is 0 Å². The molecule has 6 fully saturated rings. The van der Waals surface area contributed by atoms with Crippen molar-refractivity contribution in [3.8, 4) is 0 Å². The normalized spacial score (nSPS) is 29.6. The third-order valence-corrected chi connectivity index (χ3v) is 32.5. The molecule has 0 aliphatic heterocycles. The van der Waals surface area contributed by atoms with E-state index in [0.29, 0.717) is 17.0 Å². The van der Waals surface area contributed by atoms with Gasteiger partial charge in [-0.05, 0) is 0 Å². The molecule has 1 nitrogen and oxygen atoms in total. The summed E-state index contributed by atoms with van der Waals surface area (Å²) in [6.45, 7) is 0. The maximum absolute atomic E-state index is 17.2. The van der Waals surface area contributed by atoms with Crippen LogP contribution in [0, 0.1) is 0 Å². The maximum atomic E-state index is 17.2. The van der Waals surface area contributed by atoms with Crippen molar-refractivity contribution in [1.82, 2.24) is 0 Å². The fraction of sp³-hybridized carbons (Fsp3) is 0.973. The van der Waals surface area contributed by atoms with Gasteiger partial charge in [0.2, 0.25) is 0 Å². The topological polar surface area (TPSA) is 17.1 Å². The van der Waals surface area contributed by atoms with Gasteiger partial charge in [0, 0.05) is 0 Å². The molecule has 0 atom stereocenters. The Balaban J connectivity index is 1.59. The molecular formula is C37H66ClOP2+. The van der Waals surface area contributed by atoms with Crippen LogP contribution in [-0.2, 0) is 0 Å². The summed E-state index contributed by atoms with van der Waals surface area (Å²) in [4.78, 5) is 17.2. The zero-order valence-corrected chi connectivity index (χ0v) is 29.4. The zero-order chi connectivity index (χ0) is 28.2. The van der Waals surface area contributed by atoms with Gasteiger partial charge in [-0.15, -0.1) is 0 Å². The molecule has 0 spiro atoms. The fourth-order valence-corrected chi connectivity index (χ4v) is 34.6. The Hall–Kier alpha value is 0.820. The van der Waals surface area contributed by atoms with Crippen LogP contribution >= 0.6 is 24.5 Å². The van der Waals surface area contributed by atoms with Gasteiger partial charge in [-0.25, -0.2) is 0 Å². The van der Waals surface area contributed by atoms with Crippen LogP contribution < -0.4 is 0 Å². The van der Waals surface area contributed by atoms with E-state index in [1.165, 1.54) is 193 Å². The number of rotatable bonds is 8. The van der Waals surface area contributed by atoms with Crippen molar-refractivity contribution in [2.24, 2.45) is 0 Å². The Labute approximate surface area is 260 Å². The number of hydrogen-bond acceptors (Lipinski definition) is 1. The molecule has 0 N–H and O–H groups in total. The van der Waals surface area contributed by atoms with Crippen LogP contribution in [0.5, 0.6) is 0 Å². The molecule has 236 valence electrons. The van der Waals surface area contributed by atoms with Gasteiger partial charge < -0.3 is 0 Å². The molecule has 41 heavy (non-hydrogen) atoms. The minimum atomic E-state index is -3.24. The molecular weight excluding hydrogens is 558 g/mol. The first-order valence-corrected chi connectivity index (χ1v) is 24.6. The Bertz CT molecular complexity index is 743. The van der Waals surface area contributed by atoms with E-state index in [4.69, 9.17) is 0 Å². The molecule has 0 bridgehead atoms. The Kier molecular flexibility index (Phi) is 10.9. The average Bonchev–Trinajstić information content (AvgIpc) is 3.07. The van der Waals surface area contributed by atoms with E-state index >= 15 is 4.79 Å². The molecule has 0 saturated heterocycles. The van der Waals surface area contributed by atoms with Crippen LogP contribution in [-0.4, -0.2) is 39.2 Å². The Morgan fingerprint density at radius 1 is 0.390 bits per heavy atom. The molecule has 0 amide bonds. The summed E-state index contributed by atoms with van der Waals surface area (Å²) in [5.41, 5.74) is 3.95. The number of carbonyl (C=O) groups is 1. The number of carbonyl (C=O) groups excluding carboxylic acids is 1. The molecule has 0 radical (unpaired) electrons. The molecule has 6 aliphatic carbocycles. The molecule has 6 aliphatic rings. The van der Waals surface area contributed by atoms with Crippen LogP contribution in [0.3, 0.4) is 0 Å². The third kappa shape index (κ3) is 5.60. The van der Waals surface area contributed by atoms with E-state index < -0.39 is 13.2 Å². The summed E-state index contributed by atoms with van der Waals surface area (Å²) in [7, 11) is -1.91. The first kappa shape index (κ1) is 31.8. The van der Waals surface area contributed by atoms with E-state index in [0.717, 1.165) is 22.2 Å². The second-order valence-corrected chi connectivity index (χ2v) is 28.0. The number of halogens is 1. The summed E-state index contributed by atoms with van der Waals surface area (Å²) >= 11 is 9.24. The Morgan fingerprint density at radius 3 is 0.854 bits per heavy atom. The average molecular weight is 624 g/mol. The molecule has 0 aromatic heterocycles. The van der Waals surface area contributed by atoms with E-state index in [9.17, 15) is 11.2 Å². The van der Waals surface area contributed by atoms with Gasteiger partial charge in [-0.3, -0.25) is 0 Å². The molecule has 0 heterocycles. The van der Waals surface area contributed by atoms with Crippen molar-refractivity contribution in [1.29, 1.82) is 0 Å². The van der Waals surface area contributed by atoms with Crippen LogP contribution in [0.4, 0.5) is 4.79 Å². The van der Waals surface area contributed by atoms with Crippen LogP contribution in [0.25, 0.3) is 0 Å². The molecule has 6 rings (SSSR count). The van der Waals surface area contributed by atoms with E-state index in [1.807, 2.05) is 0 Å². The van der Waals surface area contributed by atoms with E-state index in [2.05, 4.69) is 0 Å². The number of hydrogen-bond donors (Lipinski definition) is 0. The zero-order valence-electron chi connectivity index (χ0n) is 26.9. The van der Waals surface area contributed by atoms with Crippen LogP contribution in [0.2, 0.25) is 0 Å². The third-order valence-electron chi connectivity index (χ3n) is 14.2. The van der Waals surface area contributed by atoms with Crippen molar-refractivity contribution < 1.29 is 4.79 Å². The monoisotopic (exact) mass is 623 g/mol. The molecule has 0 aromatic rings. The molecule has 6 saturated carbocycles. The minimum absolute atomic E-state index is 0.574. The summed E-state index contributed by atoms with van der Waals surface area (Å²) < 4.78 is 0. The van der Waals surface area contributed by atoms with E-state index in [1.54, 1.807) is 0 Å². The van der Waals surface area contributed by atoms with Gasteiger partial charge >= 0.3 is 261 Å². The van der Waals surface area contributed by atoms with Crippen molar-refractivity contribution in [3.05, 3.63) is 0 Å². The second-order valence-electron chi connectivity index (χ2n) is 16.1. The van der Waals surface area contributed by atoms with Crippen molar-refractivity contribution in [2.45, 2.75) is 227 Å². The molecule has 0 unspecified atom stereocenters. The van der Waals surface area contributed by atoms with Crippen molar-refractivity contribution >= 4 is 29.7 Å². The van der Waals surface area contributed by atoms with Gasteiger partial charge in [-0.2, -0.15) is 0 Å². The molecule has 4 heteroatoms. The fourth-order valence-electron chi connectivity index (χ4n) is 12.4. The quantitative estimate of drug-likeness (QED) is 0.246. The first-order chi connectivity index (χ1) is 20.1. The predicted molar refractivity (Wildman–Crippen MR) is 186 cm³/mol. The van der Waals surface area contributed by atoms with Crippen molar-refractivity contribution in [2.75, 3.05) is 0 Å². The van der Waals surface area contributed by atoms with Gasteiger partial charge in [0.25, 0.3) is 0 Å². The van der Waals surface area contributed by atoms with Gasteiger partial charge in [0.15, 0.2) is 0 Å². The summed E-state index contributed by atoms with van der Waals surface area (Å²) in [6, 6.07) is 0. The van der Waals surface area contributed by atoms with Crippen LogP contribution in [0.15, 0.2) is 0 Å². The standard InChI is InChI=1S/C37H66ClOP2/c38-41(34-25-13-4-14-26-34,35-27-15-5-16-28-35,36-29-17-6-18-30-36)37(39)40(31-19-7-1-8-20-31,32-21-9-2-10-22-32)33-23-11-3-12-24-33/h31-36H,1-30H2/q+1. The predicted octanol–water partition coefficient (Wildman–Crippen LogP) is 13.8. The van der Waals surface area contributed by atoms with E-state index in [-0.39, 0.29) is 0 Å². The van der Waals surface area contributed by atoms with Gasteiger partial charge in [0.1, 0.15) is 0 Å². The first-order valence-electron chi connectivity index (χ1n) is 19.3. The SMILES string of the molecule is O=C([P+](C1CCCCC1)(C1CCCCC1)C1CCCCC1)P(Cl)(C1CCCCC1)(C1CCCCC1)C1CCCCC1. The summed E-state index contributed by atoms with van der Waals surface area (Å²) in [6.07, 6.45) is 41.0. The Morgan fingerprint density at radius 2 is 0.610 bits per heavy atom. The second kappa shape index (κ2) is 14.1.